The zero-order chi connectivity index (χ0) is 14.5. The van der Waals surface area contributed by atoms with Gasteiger partial charge in [-0.05, 0) is 25.0 Å². The van der Waals surface area contributed by atoms with Crippen LogP contribution in [0.5, 0.6) is 5.75 Å². The number of hydrogen-bond acceptors (Lipinski definition) is 3. The van der Waals surface area contributed by atoms with Gasteiger partial charge in [0.05, 0.1) is 12.7 Å². The molecule has 1 fully saturated rings. The van der Waals surface area contributed by atoms with Crippen molar-refractivity contribution in [1.29, 1.82) is 0 Å². The minimum absolute atomic E-state index is 0.00722. The second-order valence-electron chi connectivity index (χ2n) is 5.07. The number of methoxy groups -OCH3 is 1. The van der Waals surface area contributed by atoms with Crippen molar-refractivity contribution < 1.29 is 14.3 Å². The standard InChI is InChI=1S/C16H21NO3/c1-3-15(18)17-10-8-12(9-11-17)16(19)13-6-4-5-7-14(13)20-2/h4-7,12H,3,8-11H2,1-2H3. The Labute approximate surface area is 119 Å². The number of para-hydroxylation sites is 1. The number of carbonyl (C=O) groups excluding carboxylic acids is 2. The summed E-state index contributed by atoms with van der Waals surface area (Å²) in [5, 5.41) is 0. The highest BCUT2D eigenvalue weighted by atomic mass is 16.5. The summed E-state index contributed by atoms with van der Waals surface area (Å²) in [6.45, 7) is 3.23. The maximum Gasteiger partial charge on any atom is 0.222 e. The summed E-state index contributed by atoms with van der Waals surface area (Å²) in [6.07, 6.45) is 2.01. The van der Waals surface area contributed by atoms with Gasteiger partial charge < -0.3 is 9.64 Å². The van der Waals surface area contributed by atoms with E-state index in [-0.39, 0.29) is 17.6 Å². The predicted octanol–water partition coefficient (Wildman–Crippen LogP) is 2.53. The van der Waals surface area contributed by atoms with Crippen LogP contribution in [-0.2, 0) is 4.79 Å². The lowest BCUT2D eigenvalue weighted by Gasteiger charge is -2.31. The van der Waals surface area contributed by atoms with Crippen LogP contribution in [0.4, 0.5) is 0 Å². The van der Waals surface area contributed by atoms with E-state index in [0.29, 0.717) is 30.8 Å². The molecule has 0 atom stereocenters. The van der Waals surface area contributed by atoms with Crippen LogP contribution in [0.1, 0.15) is 36.5 Å². The maximum absolute atomic E-state index is 12.5. The smallest absolute Gasteiger partial charge is 0.222 e. The van der Waals surface area contributed by atoms with Crippen LogP contribution in [-0.4, -0.2) is 36.8 Å². The van der Waals surface area contributed by atoms with Crippen LogP contribution in [0.3, 0.4) is 0 Å². The predicted molar refractivity (Wildman–Crippen MR) is 76.9 cm³/mol. The third-order valence-electron chi connectivity index (χ3n) is 3.89. The van der Waals surface area contributed by atoms with Crippen LogP contribution in [0, 0.1) is 5.92 Å². The molecule has 1 aliphatic rings. The Hall–Kier alpha value is -1.84. The van der Waals surface area contributed by atoms with Crippen molar-refractivity contribution >= 4 is 11.7 Å². The molecule has 1 aliphatic heterocycles. The van der Waals surface area contributed by atoms with Gasteiger partial charge in [0.25, 0.3) is 0 Å². The van der Waals surface area contributed by atoms with Gasteiger partial charge in [0, 0.05) is 25.4 Å². The van der Waals surface area contributed by atoms with Crippen molar-refractivity contribution in [3.8, 4) is 5.75 Å². The molecule has 0 spiro atoms. The first-order valence-electron chi connectivity index (χ1n) is 7.12. The van der Waals surface area contributed by atoms with Crippen LogP contribution in [0.15, 0.2) is 24.3 Å². The molecule has 0 aliphatic carbocycles. The highest BCUT2D eigenvalue weighted by Gasteiger charge is 2.28. The van der Waals surface area contributed by atoms with Gasteiger partial charge in [-0.3, -0.25) is 9.59 Å². The number of rotatable bonds is 4. The van der Waals surface area contributed by atoms with E-state index in [1.807, 2.05) is 36.1 Å². The summed E-state index contributed by atoms with van der Waals surface area (Å²) in [5.74, 6) is 0.927. The summed E-state index contributed by atoms with van der Waals surface area (Å²) >= 11 is 0. The van der Waals surface area contributed by atoms with Gasteiger partial charge >= 0.3 is 0 Å². The largest absolute Gasteiger partial charge is 0.496 e. The maximum atomic E-state index is 12.5. The molecule has 0 aromatic heterocycles. The first-order valence-corrected chi connectivity index (χ1v) is 7.12. The van der Waals surface area contributed by atoms with E-state index in [9.17, 15) is 9.59 Å². The van der Waals surface area contributed by atoms with Crippen molar-refractivity contribution in [3.63, 3.8) is 0 Å². The molecule has 1 saturated heterocycles. The fraction of sp³-hybridized carbons (Fsp3) is 0.500. The second-order valence-corrected chi connectivity index (χ2v) is 5.07. The molecular weight excluding hydrogens is 254 g/mol. The van der Waals surface area contributed by atoms with Crippen LogP contribution in [0.2, 0.25) is 0 Å². The van der Waals surface area contributed by atoms with Crippen molar-refractivity contribution in [2.75, 3.05) is 20.2 Å². The Kier molecular flexibility index (Phi) is 4.77. The number of piperidine rings is 1. The van der Waals surface area contributed by atoms with Gasteiger partial charge in [0.15, 0.2) is 5.78 Å². The topological polar surface area (TPSA) is 46.6 Å². The Morgan fingerprint density at radius 3 is 2.50 bits per heavy atom. The molecule has 0 saturated carbocycles. The third-order valence-corrected chi connectivity index (χ3v) is 3.89. The minimum Gasteiger partial charge on any atom is -0.496 e. The SMILES string of the molecule is CCC(=O)N1CCC(C(=O)c2ccccc2OC)CC1. The molecule has 4 nitrogen and oxygen atoms in total. The summed E-state index contributed by atoms with van der Waals surface area (Å²) in [5.41, 5.74) is 0.648. The van der Waals surface area contributed by atoms with E-state index in [2.05, 4.69) is 0 Å². The molecule has 1 amide bonds. The molecule has 1 heterocycles. The number of amides is 1. The van der Waals surface area contributed by atoms with E-state index in [1.165, 1.54) is 0 Å². The van der Waals surface area contributed by atoms with Gasteiger partial charge in [-0.2, -0.15) is 0 Å². The number of hydrogen-bond donors (Lipinski definition) is 0. The molecule has 0 bridgehead atoms. The molecule has 108 valence electrons. The first kappa shape index (κ1) is 14.6. The van der Waals surface area contributed by atoms with Crippen LogP contribution >= 0.6 is 0 Å². The molecule has 1 aromatic carbocycles. The normalized spacial score (nSPS) is 16.0. The Balaban J connectivity index is 2.03. The highest BCUT2D eigenvalue weighted by Crippen LogP contribution is 2.26. The summed E-state index contributed by atoms with van der Waals surface area (Å²) in [7, 11) is 1.58. The van der Waals surface area contributed by atoms with Crippen LogP contribution < -0.4 is 4.74 Å². The summed E-state index contributed by atoms with van der Waals surface area (Å²) < 4.78 is 5.25. The van der Waals surface area contributed by atoms with Gasteiger partial charge in [-0.1, -0.05) is 19.1 Å². The van der Waals surface area contributed by atoms with E-state index < -0.39 is 0 Å². The van der Waals surface area contributed by atoms with Crippen molar-refractivity contribution in [2.24, 2.45) is 5.92 Å². The van der Waals surface area contributed by atoms with Gasteiger partial charge in [0.2, 0.25) is 5.91 Å². The molecule has 0 N–H and O–H groups in total. The first-order chi connectivity index (χ1) is 9.67. The number of ketones is 1. The number of carbonyl (C=O) groups is 2. The highest BCUT2D eigenvalue weighted by molar-refractivity contribution is 6.00. The molecule has 2 rings (SSSR count). The lowest BCUT2D eigenvalue weighted by Crippen LogP contribution is -2.40. The minimum atomic E-state index is -0.00722. The zero-order valence-electron chi connectivity index (χ0n) is 12.1. The van der Waals surface area contributed by atoms with E-state index in [1.54, 1.807) is 7.11 Å². The lowest BCUT2D eigenvalue weighted by atomic mass is 9.88. The molecule has 4 heteroatoms. The number of benzene rings is 1. The fourth-order valence-electron chi connectivity index (χ4n) is 2.68. The third kappa shape index (κ3) is 3.00. The Bertz CT molecular complexity index is 490. The van der Waals surface area contributed by atoms with Gasteiger partial charge in [0.1, 0.15) is 5.75 Å². The number of likely N-dealkylation sites (tertiary alicyclic amines) is 1. The van der Waals surface area contributed by atoms with Crippen molar-refractivity contribution in [2.45, 2.75) is 26.2 Å². The lowest BCUT2D eigenvalue weighted by molar-refractivity contribution is -0.132. The second kappa shape index (κ2) is 6.55. The number of ether oxygens (including phenoxy) is 1. The molecule has 20 heavy (non-hydrogen) atoms. The average Bonchev–Trinajstić information content (AvgIpc) is 2.53. The van der Waals surface area contributed by atoms with E-state index in [0.717, 1.165) is 12.8 Å². The molecular formula is C16H21NO3. The average molecular weight is 275 g/mol. The Morgan fingerprint density at radius 2 is 1.90 bits per heavy atom. The monoisotopic (exact) mass is 275 g/mol. The van der Waals surface area contributed by atoms with Crippen molar-refractivity contribution in [3.05, 3.63) is 29.8 Å². The fourth-order valence-corrected chi connectivity index (χ4v) is 2.68. The zero-order valence-corrected chi connectivity index (χ0v) is 12.1. The number of Topliss-reactive ketones (excluding diaryl/α,β-unsaturated/α-hetero) is 1. The Morgan fingerprint density at radius 1 is 1.25 bits per heavy atom. The molecule has 1 aromatic rings. The van der Waals surface area contributed by atoms with Gasteiger partial charge in [-0.25, -0.2) is 0 Å². The molecule has 0 radical (unpaired) electrons. The van der Waals surface area contributed by atoms with E-state index >= 15 is 0 Å². The molecule has 0 unspecified atom stereocenters. The van der Waals surface area contributed by atoms with Crippen LogP contribution in [0.25, 0.3) is 0 Å². The van der Waals surface area contributed by atoms with Crippen molar-refractivity contribution in [1.82, 2.24) is 4.90 Å². The summed E-state index contributed by atoms with van der Waals surface area (Å²) in [6, 6.07) is 7.33. The van der Waals surface area contributed by atoms with E-state index in [4.69, 9.17) is 4.74 Å². The summed E-state index contributed by atoms with van der Waals surface area (Å²) in [4.78, 5) is 26.0. The quantitative estimate of drug-likeness (QED) is 0.793. The number of nitrogens with zero attached hydrogens (tertiary/aromatic N) is 1. The van der Waals surface area contributed by atoms with Gasteiger partial charge in [-0.15, -0.1) is 0 Å².